The van der Waals surface area contributed by atoms with E-state index in [-0.39, 0.29) is 36.0 Å². The summed E-state index contributed by atoms with van der Waals surface area (Å²) in [6.45, 7) is 9.28. The minimum atomic E-state index is -0.343. The molecule has 0 bridgehead atoms. The fourth-order valence-electron chi connectivity index (χ4n) is 7.94. The van der Waals surface area contributed by atoms with Gasteiger partial charge in [-0.2, -0.15) is 0 Å². The zero-order valence-corrected chi connectivity index (χ0v) is 35.6. The van der Waals surface area contributed by atoms with Gasteiger partial charge in [0.2, 0.25) is 0 Å². The van der Waals surface area contributed by atoms with Crippen molar-refractivity contribution in [2.45, 2.75) is 159 Å². The van der Waals surface area contributed by atoms with Crippen LogP contribution in [0.25, 0.3) is 0 Å². The highest BCUT2D eigenvalue weighted by Gasteiger charge is 2.31. The molecule has 4 rings (SSSR count). The third kappa shape index (κ3) is 20.0. The smallest absolute Gasteiger partial charge is 0.330 e. The molecule has 2 saturated carbocycles. The van der Waals surface area contributed by atoms with Crippen molar-refractivity contribution in [3.05, 3.63) is 90.5 Å². The number of ether oxygens (including phenoxy) is 5. The summed E-state index contributed by atoms with van der Waals surface area (Å²) in [5.74, 6) is 7.26. The first kappa shape index (κ1) is 47.3. The summed E-state index contributed by atoms with van der Waals surface area (Å²) >= 11 is 0. The Labute approximate surface area is 354 Å². The van der Waals surface area contributed by atoms with Gasteiger partial charge in [-0.05, 0) is 125 Å². The molecule has 0 spiro atoms. The van der Waals surface area contributed by atoms with E-state index in [0.717, 1.165) is 126 Å². The summed E-state index contributed by atoms with van der Waals surface area (Å²) in [5, 5.41) is 0. The van der Waals surface area contributed by atoms with Gasteiger partial charge >= 0.3 is 17.9 Å². The molecule has 2 fully saturated rings. The molecule has 2 aromatic carbocycles. The van der Waals surface area contributed by atoms with Gasteiger partial charge in [-0.1, -0.05) is 101 Å². The van der Waals surface area contributed by atoms with E-state index in [2.05, 4.69) is 49.3 Å². The van der Waals surface area contributed by atoms with Gasteiger partial charge in [0.25, 0.3) is 0 Å². The second-order valence-corrected chi connectivity index (χ2v) is 16.2. The first-order chi connectivity index (χ1) is 28.9. The summed E-state index contributed by atoms with van der Waals surface area (Å²) in [4.78, 5) is 35.1. The van der Waals surface area contributed by atoms with Gasteiger partial charge in [-0.3, -0.25) is 4.79 Å². The Hall–Kier alpha value is -4.35. The molecule has 0 N–H and O–H groups in total. The van der Waals surface area contributed by atoms with E-state index in [4.69, 9.17) is 23.7 Å². The zero-order valence-electron chi connectivity index (χ0n) is 35.6. The average molecular weight is 811 g/mol. The number of hydrogen-bond acceptors (Lipinski definition) is 8. The van der Waals surface area contributed by atoms with E-state index in [1.807, 2.05) is 24.3 Å². The van der Waals surface area contributed by atoms with Crippen LogP contribution in [0, 0.1) is 17.8 Å². The Balaban J connectivity index is 1.00. The van der Waals surface area contributed by atoms with Gasteiger partial charge in [0, 0.05) is 29.9 Å². The predicted octanol–water partition coefficient (Wildman–Crippen LogP) is 11.5. The predicted molar refractivity (Wildman–Crippen MR) is 234 cm³/mol. The summed E-state index contributed by atoms with van der Waals surface area (Å²) in [7, 11) is 0. The van der Waals surface area contributed by atoms with E-state index < -0.39 is 0 Å². The molecule has 0 aliphatic heterocycles. The molecule has 2 aliphatic carbocycles. The maximum absolute atomic E-state index is 13.0. The largest absolute Gasteiger partial charge is 0.494 e. The van der Waals surface area contributed by atoms with Crippen LogP contribution in [-0.4, -0.2) is 56.5 Å². The van der Waals surface area contributed by atoms with Crippen molar-refractivity contribution in [3.8, 4) is 17.6 Å². The molecule has 322 valence electrons. The van der Waals surface area contributed by atoms with Crippen LogP contribution < -0.4 is 4.74 Å². The van der Waals surface area contributed by atoms with Gasteiger partial charge < -0.3 is 23.7 Å². The maximum atomic E-state index is 13.0. The van der Waals surface area contributed by atoms with E-state index in [0.29, 0.717) is 25.7 Å². The molecular weight excluding hydrogens is 741 g/mol. The van der Waals surface area contributed by atoms with Crippen molar-refractivity contribution < 1.29 is 38.1 Å². The van der Waals surface area contributed by atoms with E-state index in [1.54, 1.807) is 0 Å². The number of esters is 3. The SMILES string of the molecule is C=CC(=O)OCCCCCCCCCOc1ccc(C#Cc2ccc(C3CCC(OC(=O)C4CCC(OCCCCCCCCCOC(=O)C=C)CC4)CC3)cc2)cc1. The minimum absolute atomic E-state index is 0.00496. The van der Waals surface area contributed by atoms with Crippen molar-refractivity contribution in [1.29, 1.82) is 0 Å². The normalized spacial score (nSPS) is 18.8. The molecule has 8 nitrogen and oxygen atoms in total. The maximum Gasteiger partial charge on any atom is 0.330 e. The number of benzene rings is 2. The van der Waals surface area contributed by atoms with Crippen LogP contribution in [-0.2, 0) is 33.3 Å². The van der Waals surface area contributed by atoms with Crippen molar-refractivity contribution in [3.63, 3.8) is 0 Å². The molecule has 0 amide bonds. The van der Waals surface area contributed by atoms with Crippen LogP contribution in [0.1, 0.15) is 164 Å². The summed E-state index contributed by atoms with van der Waals surface area (Å²) < 4.78 is 28.2. The van der Waals surface area contributed by atoms with E-state index >= 15 is 0 Å². The Morgan fingerprint density at radius 2 is 0.966 bits per heavy atom. The second kappa shape index (κ2) is 29.0. The molecule has 0 radical (unpaired) electrons. The van der Waals surface area contributed by atoms with Gasteiger partial charge in [-0.15, -0.1) is 0 Å². The summed E-state index contributed by atoms with van der Waals surface area (Å²) in [6, 6.07) is 16.7. The van der Waals surface area contributed by atoms with Crippen molar-refractivity contribution in [2.24, 2.45) is 5.92 Å². The van der Waals surface area contributed by atoms with Gasteiger partial charge in [0.1, 0.15) is 11.9 Å². The highest BCUT2D eigenvalue weighted by molar-refractivity contribution is 5.81. The lowest BCUT2D eigenvalue weighted by molar-refractivity contribution is -0.158. The van der Waals surface area contributed by atoms with Crippen LogP contribution in [0.2, 0.25) is 0 Å². The van der Waals surface area contributed by atoms with Crippen molar-refractivity contribution >= 4 is 17.9 Å². The molecule has 8 heteroatoms. The highest BCUT2D eigenvalue weighted by Crippen LogP contribution is 2.35. The number of hydrogen-bond donors (Lipinski definition) is 0. The molecule has 0 heterocycles. The quantitative estimate of drug-likeness (QED) is 0.0289. The molecule has 59 heavy (non-hydrogen) atoms. The first-order valence-corrected chi connectivity index (χ1v) is 22.7. The Bertz CT molecular complexity index is 1570. The van der Waals surface area contributed by atoms with Crippen LogP contribution in [0.3, 0.4) is 0 Å². The number of unbranched alkanes of at least 4 members (excludes halogenated alkanes) is 12. The standard InChI is InChI=1S/C51H70O8/c1-3-49(52)57-39-17-13-9-5-7-11-15-37-55-46-31-23-42(24-32-46)20-19-41-21-25-43(26-22-41)44-27-35-48(36-28-44)59-51(54)45-29-33-47(34-30-45)56-38-16-12-8-6-10-14-18-40-58-50(53)4-2/h3-4,21-26,31-32,44-45,47-48H,1-2,5-18,27-30,33-40H2. The molecular formula is C51H70O8. The minimum Gasteiger partial charge on any atom is -0.494 e. The van der Waals surface area contributed by atoms with Crippen LogP contribution in [0.15, 0.2) is 73.8 Å². The van der Waals surface area contributed by atoms with Crippen molar-refractivity contribution in [2.75, 3.05) is 26.4 Å². The van der Waals surface area contributed by atoms with Gasteiger partial charge in [-0.25, -0.2) is 9.59 Å². The Morgan fingerprint density at radius 1 is 0.525 bits per heavy atom. The Morgan fingerprint density at radius 3 is 1.47 bits per heavy atom. The second-order valence-electron chi connectivity index (χ2n) is 16.2. The number of rotatable bonds is 27. The number of carbonyl (C=O) groups is 3. The average Bonchev–Trinajstić information content (AvgIpc) is 3.27. The summed E-state index contributed by atoms with van der Waals surface area (Å²) in [5.41, 5.74) is 3.30. The van der Waals surface area contributed by atoms with Gasteiger partial charge in [0.15, 0.2) is 0 Å². The Kier molecular flexibility index (Phi) is 23.2. The van der Waals surface area contributed by atoms with E-state index in [1.165, 1.54) is 56.2 Å². The lowest BCUT2D eigenvalue weighted by atomic mass is 9.82. The summed E-state index contributed by atoms with van der Waals surface area (Å²) in [6.07, 6.45) is 25.7. The lowest BCUT2D eigenvalue weighted by Gasteiger charge is -2.31. The topological polar surface area (TPSA) is 97.4 Å². The van der Waals surface area contributed by atoms with Crippen molar-refractivity contribution in [1.82, 2.24) is 0 Å². The third-order valence-corrected chi connectivity index (χ3v) is 11.6. The first-order valence-electron chi connectivity index (χ1n) is 22.7. The molecule has 0 saturated heterocycles. The monoisotopic (exact) mass is 811 g/mol. The van der Waals surface area contributed by atoms with Crippen LogP contribution in [0.5, 0.6) is 5.75 Å². The molecule has 0 aromatic heterocycles. The van der Waals surface area contributed by atoms with Crippen LogP contribution >= 0.6 is 0 Å². The fraction of sp³-hybridized carbons (Fsp3) is 0.588. The molecule has 0 atom stereocenters. The third-order valence-electron chi connectivity index (χ3n) is 11.6. The molecule has 0 unspecified atom stereocenters. The molecule has 2 aromatic rings. The van der Waals surface area contributed by atoms with E-state index in [9.17, 15) is 14.4 Å². The zero-order chi connectivity index (χ0) is 41.8. The van der Waals surface area contributed by atoms with Crippen LogP contribution in [0.4, 0.5) is 0 Å². The number of carbonyl (C=O) groups excluding carboxylic acids is 3. The lowest BCUT2D eigenvalue weighted by Crippen LogP contribution is -2.31. The van der Waals surface area contributed by atoms with Gasteiger partial charge in [0.05, 0.1) is 31.8 Å². The highest BCUT2D eigenvalue weighted by atomic mass is 16.5. The fourth-order valence-corrected chi connectivity index (χ4v) is 7.94. The molecule has 2 aliphatic rings.